The zero-order chi connectivity index (χ0) is 12.4. The van der Waals surface area contributed by atoms with Crippen molar-refractivity contribution in [2.45, 2.75) is 0 Å². The Balaban J connectivity index is 2.32. The van der Waals surface area contributed by atoms with Crippen molar-refractivity contribution >= 4 is 38.1 Å². The molecular formula is C17H10N2. The van der Waals surface area contributed by atoms with Gasteiger partial charge in [-0.1, -0.05) is 30.3 Å². The van der Waals surface area contributed by atoms with Gasteiger partial charge in [0.1, 0.15) is 0 Å². The Morgan fingerprint density at radius 1 is 0.684 bits per heavy atom. The SMILES string of the molecule is c1ccc2c(c1)c1cccc3c4cnccc4c2n13. The lowest BCUT2D eigenvalue weighted by Gasteiger charge is -1.96. The maximum Gasteiger partial charge on any atom is 0.0621 e. The first kappa shape index (κ1) is 9.34. The maximum atomic E-state index is 4.27. The zero-order valence-corrected chi connectivity index (χ0v) is 10.2. The minimum Gasteiger partial charge on any atom is -0.308 e. The second-order valence-electron chi connectivity index (χ2n) is 4.95. The quantitative estimate of drug-likeness (QED) is 0.397. The summed E-state index contributed by atoms with van der Waals surface area (Å²) in [7, 11) is 0. The van der Waals surface area contributed by atoms with E-state index in [0.717, 1.165) is 0 Å². The molecule has 2 nitrogen and oxygen atoms in total. The van der Waals surface area contributed by atoms with Gasteiger partial charge in [0.2, 0.25) is 0 Å². The number of benzene rings is 1. The van der Waals surface area contributed by atoms with Crippen molar-refractivity contribution in [1.82, 2.24) is 9.38 Å². The van der Waals surface area contributed by atoms with Gasteiger partial charge >= 0.3 is 0 Å². The highest BCUT2D eigenvalue weighted by Crippen LogP contribution is 2.37. The molecule has 0 spiro atoms. The molecule has 0 radical (unpaired) electrons. The van der Waals surface area contributed by atoms with Gasteiger partial charge < -0.3 is 4.40 Å². The van der Waals surface area contributed by atoms with E-state index >= 15 is 0 Å². The van der Waals surface area contributed by atoms with Crippen molar-refractivity contribution in [1.29, 1.82) is 0 Å². The summed E-state index contributed by atoms with van der Waals surface area (Å²) >= 11 is 0. The molecular weight excluding hydrogens is 232 g/mol. The van der Waals surface area contributed by atoms with Gasteiger partial charge in [-0.25, -0.2) is 0 Å². The summed E-state index contributed by atoms with van der Waals surface area (Å²) in [5.74, 6) is 0. The maximum absolute atomic E-state index is 4.27. The highest BCUT2D eigenvalue weighted by Gasteiger charge is 2.15. The second kappa shape index (κ2) is 3.04. The van der Waals surface area contributed by atoms with E-state index in [1.807, 2.05) is 12.4 Å². The highest BCUT2D eigenvalue weighted by molar-refractivity contribution is 6.22. The third kappa shape index (κ3) is 0.968. The van der Waals surface area contributed by atoms with E-state index in [4.69, 9.17) is 0 Å². The minimum atomic E-state index is 1.23. The summed E-state index contributed by atoms with van der Waals surface area (Å²) in [6.07, 6.45) is 3.84. The molecule has 4 heterocycles. The Labute approximate surface area is 109 Å². The molecule has 0 aliphatic rings. The topological polar surface area (TPSA) is 17.3 Å². The molecule has 0 saturated heterocycles. The number of fused-ring (bicyclic) bond motifs is 6. The predicted octanol–water partition coefficient (Wildman–Crippen LogP) is 4.23. The zero-order valence-electron chi connectivity index (χ0n) is 10.2. The molecule has 0 aliphatic heterocycles. The molecule has 19 heavy (non-hydrogen) atoms. The van der Waals surface area contributed by atoms with Crippen LogP contribution in [0.25, 0.3) is 38.1 Å². The van der Waals surface area contributed by atoms with Crippen LogP contribution in [0, 0.1) is 0 Å². The number of rotatable bonds is 0. The molecule has 5 aromatic rings. The minimum absolute atomic E-state index is 1.23. The van der Waals surface area contributed by atoms with Crippen LogP contribution in [-0.4, -0.2) is 9.38 Å². The Hall–Kier alpha value is -2.61. The van der Waals surface area contributed by atoms with Crippen LogP contribution in [0.5, 0.6) is 0 Å². The molecule has 0 fully saturated rings. The largest absolute Gasteiger partial charge is 0.308 e. The highest BCUT2D eigenvalue weighted by atomic mass is 14.9. The Morgan fingerprint density at radius 2 is 1.42 bits per heavy atom. The van der Waals surface area contributed by atoms with E-state index < -0.39 is 0 Å². The van der Waals surface area contributed by atoms with E-state index in [-0.39, 0.29) is 0 Å². The Kier molecular flexibility index (Phi) is 1.49. The third-order valence-corrected chi connectivity index (χ3v) is 4.02. The third-order valence-electron chi connectivity index (χ3n) is 4.02. The number of hydrogen-bond acceptors (Lipinski definition) is 1. The Morgan fingerprint density at radius 3 is 2.32 bits per heavy atom. The van der Waals surface area contributed by atoms with Gasteiger partial charge in [0.15, 0.2) is 0 Å². The van der Waals surface area contributed by atoms with Gasteiger partial charge in [-0.05, 0) is 18.2 Å². The molecule has 0 atom stereocenters. The van der Waals surface area contributed by atoms with Crippen molar-refractivity contribution in [3.8, 4) is 0 Å². The number of aromatic nitrogens is 2. The van der Waals surface area contributed by atoms with Gasteiger partial charge in [-0.2, -0.15) is 0 Å². The van der Waals surface area contributed by atoms with Gasteiger partial charge in [0, 0.05) is 33.9 Å². The van der Waals surface area contributed by atoms with Crippen LogP contribution in [0.15, 0.2) is 60.9 Å². The molecule has 0 bridgehead atoms. The van der Waals surface area contributed by atoms with Crippen LogP contribution in [0.1, 0.15) is 0 Å². The standard InChI is InChI=1S/C17H10N2/c1-2-5-12-11(4-1)15-6-3-7-16-14-10-18-9-8-13(14)17(12)19(15)16/h1-10H. The monoisotopic (exact) mass is 242 g/mol. The first-order valence-electron chi connectivity index (χ1n) is 6.42. The average Bonchev–Trinajstić information content (AvgIpc) is 2.99. The van der Waals surface area contributed by atoms with E-state index in [0.29, 0.717) is 0 Å². The number of nitrogens with zero attached hydrogens (tertiary/aromatic N) is 2. The normalized spacial score (nSPS) is 12.2. The molecule has 5 rings (SSSR count). The fourth-order valence-corrected chi connectivity index (χ4v) is 3.27. The fraction of sp³-hybridized carbons (Fsp3) is 0. The summed E-state index contributed by atoms with van der Waals surface area (Å²) in [6.45, 7) is 0. The van der Waals surface area contributed by atoms with E-state index in [9.17, 15) is 0 Å². The lowest BCUT2D eigenvalue weighted by Crippen LogP contribution is -1.79. The van der Waals surface area contributed by atoms with Crippen LogP contribution in [0.2, 0.25) is 0 Å². The predicted molar refractivity (Wildman–Crippen MR) is 78.9 cm³/mol. The van der Waals surface area contributed by atoms with Crippen LogP contribution in [-0.2, 0) is 0 Å². The van der Waals surface area contributed by atoms with Gasteiger partial charge in [0.05, 0.1) is 16.6 Å². The number of pyridine rings is 2. The summed E-state index contributed by atoms with van der Waals surface area (Å²) < 4.78 is 2.36. The molecule has 0 N–H and O–H groups in total. The van der Waals surface area contributed by atoms with Gasteiger partial charge in [-0.15, -0.1) is 0 Å². The van der Waals surface area contributed by atoms with Crippen molar-refractivity contribution < 1.29 is 0 Å². The van der Waals surface area contributed by atoms with E-state index in [2.05, 4.69) is 57.9 Å². The van der Waals surface area contributed by atoms with Crippen molar-refractivity contribution in [2.75, 3.05) is 0 Å². The molecule has 0 saturated carbocycles. The molecule has 0 amide bonds. The molecule has 1 aromatic carbocycles. The van der Waals surface area contributed by atoms with Crippen LogP contribution in [0.4, 0.5) is 0 Å². The van der Waals surface area contributed by atoms with Crippen LogP contribution >= 0.6 is 0 Å². The first-order chi connectivity index (χ1) is 9.45. The summed E-state index contributed by atoms with van der Waals surface area (Å²) in [5, 5.41) is 5.16. The second-order valence-corrected chi connectivity index (χ2v) is 4.95. The van der Waals surface area contributed by atoms with Gasteiger partial charge in [-0.3, -0.25) is 4.98 Å². The lowest BCUT2D eigenvalue weighted by atomic mass is 10.1. The van der Waals surface area contributed by atoms with Crippen molar-refractivity contribution in [2.24, 2.45) is 0 Å². The van der Waals surface area contributed by atoms with E-state index in [1.165, 1.54) is 38.1 Å². The summed E-state index contributed by atoms with van der Waals surface area (Å²) in [5.41, 5.74) is 3.82. The Bertz CT molecular complexity index is 976. The molecule has 0 aliphatic carbocycles. The summed E-state index contributed by atoms with van der Waals surface area (Å²) in [6, 6.07) is 17.2. The lowest BCUT2D eigenvalue weighted by molar-refractivity contribution is 1.35. The average molecular weight is 242 g/mol. The molecule has 88 valence electrons. The first-order valence-corrected chi connectivity index (χ1v) is 6.42. The van der Waals surface area contributed by atoms with Crippen LogP contribution < -0.4 is 0 Å². The van der Waals surface area contributed by atoms with Crippen LogP contribution in [0.3, 0.4) is 0 Å². The molecule has 0 unspecified atom stereocenters. The van der Waals surface area contributed by atoms with Crippen molar-refractivity contribution in [3.05, 3.63) is 60.9 Å². The molecule has 4 aromatic heterocycles. The fourth-order valence-electron chi connectivity index (χ4n) is 3.27. The smallest absolute Gasteiger partial charge is 0.0621 e. The van der Waals surface area contributed by atoms with Crippen molar-refractivity contribution in [3.63, 3.8) is 0 Å². The van der Waals surface area contributed by atoms with Gasteiger partial charge in [0.25, 0.3) is 0 Å². The van der Waals surface area contributed by atoms with E-state index in [1.54, 1.807) is 0 Å². The summed E-state index contributed by atoms with van der Waals surface area (Å²) in [4.78, 5) is 4.27. The number of hydrogen-bond donors (Lipinski definition) is 0. The molecule has 2 heteroatoms.